The summed E-state index contributed by atoms with van der Waals surface area (Å²) >= 11 is 3.07. The minimum atomic E-state index is 0.196. The first-order chi connectivity index (χ1) is 5.24. The van der Waals surface area contributed by atoms with Crippen LogP contribution in [0.3, 0.4) is 0 Å². The molecule has 1 aromatic rings. The topological polar surface area (TPSA) is 59.1 Å². The Labute approximate surface area is 73.6 Å². The van der Waals surface area contributed by atoms with Gasteiger partial charge in [0.05, 0.1) is 16.5 Å². The van der Waals surface area contributed by atoms with Gasteiger partial charge in [-0.3, -0.25) is 0 Å². The van der Waals surface area contributed by atoms with E-state index >= 15 is 0 Å². The zero-order valence-electron chi connectivity index (χ0n) is 6.20. The van der Waals surface area contributed by atoms with Crippen LogP contribution in [0.15, 0.2) is 4.21 Å². The van der Waals surface area contributed by atoms with Crippen molar-refractivity contribution in [2.24, 2.45) is 0 Å². The second kappa shape index (κ2) is 3.94. The van der Waals surface area contributed by atoms with Gasteiger partial charge in [-0.15, -0.1) is 11.8 Å². The van der Waals surface area contributed by atoms with E-state index in [1.165, 1.54) is 11.3 Å². The summed E-state index contributed by atoms with van der Waals surface area (Å²) in [6.45, 7) is 2.12. The van der Waals surface area contributed by atoms with Gasteiger partial charge < -0.3 is 10.8 Å². The molecule has 3 nitrogen and oxygen atoms in total. The van der Waals surface area contributed by atoms with E-state index in [0.717, 1.165) is 9.90 Å². The molecule has 0 unspecified atom stereocenters. The standard InChI is InChI=1S/C6H10N2OS2/c1-4-5(10-3-2-9)11-6(7)8-4/h9H,2-3H2,1H3,(H2,7,8). The van der Waals surface area contributed by atoms with Crippen molar-refractivity contribution in [2.75, 3.05) is 18.1 Å². The Balaban J connectivity index is 2.62. The number of aromatic nitrogens is 1. The monoisotopic (exact) mass is 190 g/mol. The smallest absolute Gasteiger partial charge is 0.181 e. The molecule has 0 atom stereocenters. The number of nitrogen functional groups attached to an aromatic ring is 1. The molecule has 0 spiro atoms. The summed E-state index contributed by atoms with van der Waals surface area (Å²) in [5.41, 5.74) is 6.45. The molecule has 0 aliphatic rings. The molecule has 62 valence electrons. The van der Waals surface area contributed by atoms with E-state index in [0.29, 0.717) is 10.9 Å². The lowest BCUT2D eigenvalue weighted by Crippen LogP contribution is -1.84. The van der Waals surface area contributed by atoms with Gasteiger partial charge in [0.2, 0.25) is 0 Å². The number of rotatable bonds is 3. The highest BCUT2D eigenvalue weighted by molar-refractivity contribution is 8.01. The Morgan fingerprint density at radius 2 is 2.45 bits per heavy atom. The van der Waals surface area contributed by atoms with Gasteiger partial charge in [-0.05, 0) is 6.92 Å². The molecule has 0 saturated carbocycles. The Bertz CT molecular complexity index is 236. The first-order valence-electron chi connectivity index (χ1n) is 3.20. The van der Waals surface area contributed by atoms with Crippen LogP contribution in [0.5, 0.6) is 0 Å². The number of thioether (sulfide) groups is 1. The van der Waals surface area contributed by atoms with Crippen molar-refractivity contribution in [3.05, 3.63) is 5.69 Å². The van der Waals surface area contributed by atoms with Crippen molar-refractivity contribution in [3.8, 4) is 0 Å². The second-order valence-electron chi connectivity index (χ2n) is 2.00. The summed E-state index contributed by atoms with van der Waals surface area (Å²) in [5, 5.41) is 9.16. The molecule has 5 heteroatoms. The van der Waals surface area contributed by atoms with Gasteiger partial charge in [0.25, 0.3) is 0 Å². The third kappa shape index (κ3) is 2.36. The van der Waals surface area contributed by atoms with E-state index in [2.05, 4.69) is 4.98 Å². The Morgan fingerprint density at radius 1 is 1.73 bits per heavy atom. The molecular weight excluding hydrogens is 180 g/mol. The fourth-order valence-electron chi connectivity index (χ4n) is 0.675. The summed E-state index contributed by atoms with van der Waals surface area (Å²) in [5.74, 6) is 0.711. The van der Waals surface area contributed by atoms with E-state index in [-0.39, 0.29) is 6.61 Å². The lowest BCUT2D eigenvalue weighted by Gasteiger charge is -1.93. The lowest BCUT2D eigenvalue weighted by molar-refractivity contribution is 0.322. The molecule has 0 aliphatic heterocycles. The molecule has 0 aliphatic carbocycles. The molecule has 0 aromatic carbocycles. The molecule has 0 fully saturated rings. The van der Waals surface area contributed by atoms with Gasteiger partial charge in [0, 0.05) is 5.75 Å². The third-order valence-electron chi connectivity index (χ3n) is 1.10. The van der Waals surface area contributed by atoms with Gasteiger partial charge in [0.15, 0.2) is 5.13 Å². The van der Waals surface area contributed by atoms with Crippen LogP contribution in [-0.4, -0.2) is 22.5 Å². The molecule has 11 heavy (non-hydrogen) atoms. The molecule has 1 rings (SSSR count). The van der Waals surface area contributed by atoms with Crippen LogP contribution in [-0.2, 0) is 0 Å². The molecule has 1 aromatic heterocycles. The second-order valence-corrected chi connectivity index (χ2v) is 4.39. The van der Waals surface area contributed by atoms with Crippen LogP contribution in [0.2, 0.25) is 0 Å². The van der Waals surface area contributed by atoms with Crippen LogP contribution < -0.4 is 5.73 Å². The van der Waals surface area contributed by atoms with Crippen molar-refractivity contribution >= 4 is 28.2 Å². The molecule has 0 bridgehead atoms. The molecule has 0 amide bonds. The fourth-order valence-corrected chi connectivity index (χ4v) is 2.51. The number of nitrogens with two attached hydrogens (primary N) is 1. The van der Waals surface area contributed by atoms with Crippen molar-refractivity contribution in [1.29, 1.82) is 0 Å². The van der Waals surface area contributed by atoms with Crippen LogP contribution >= 0.6 is 23.1 Å². The van der Waals surface area contributed by atoms with Crippen molar-refractivity contribution in [3.63, 3.8) is 0 Å². The highest BCUT2D eigenvalue weighted by Crippen LogP contribution is 2.29. The average molecular weight is 190 g/mol. The molecule has 3 N–H and O–H groups in total. The summed E-state index contributed by atoms with van der Waals surface area (Å²) in [4.78, 5) is 4.06. The minimum absolute atomic E-state index is 0.196. The highest BCUT2D eigenvalue weighted by Gasteiger charge is 2.04. The van der Waals surface area contributed by atoms with Crippen molar-refractivity contribution in [1.82, 2.24) is 4.98 Å². The third-order valence-corrected chi connectivity index (χ3v) is 3.42. The minimum Gasteiger partial charge on any atom is -0.396 e. The molecule has 0 radical (unpaired) electrons. The number of aliphatic hydroxyl groups excluding tert-OH is 1. The zero-order valence-corrected chi connectivity index (χ0v) is 7.84. The average Bonchev–Trinajstić information content (AvgIpc) is 2.26. The van der Waals surface area contributed by atoms with Crippen molar-refractivity contribution < 1.29 is 5.11 Å². The van der Waals surface area contributed by atoms with Crippen LogP contribution in [0.4, 0.5) is 5.13 Å². The van der Waals surface area contributed by atoms with Crippen LogP contribution in [0.25, 0.3) is 0 Å². The lowest BCUT2D eigenvalue weighted by atomic mass is 10.6. The highest BCUT2D eigenvalue weighted by atomic mass is 32.2. The Hall–Kier alpha value is -0.260. The number of aryl methyl sites for hydroxylation is 1. The van der Waals surface area contributed by atoms with Crippen LogP contribution in [0.1, 0.15) is 5.69 Å². The maximum absolute atomic E-state index is 8.56. The largest absolute Gasteiger partial charge is 0.396 e. The first kappa shape index (κ1) is 8.83. The van der Waals surface area contributed by atoms with Crippen LogP contribution in [0, 0.1) is 6.92 Å². The number of hydrogen-bond donors (Lipinski definition) is 2. The van der Waals surface area contributed by atoms with E-state index in [4.69, 9.17) is 10.8 Å². The van der Waals surface area contributed by atoms with Gasteiger partial charge in [0.1, 0.15) is 0 Å². The van der Waals surface area contributed by atoms with E-state index < -0.39 is 0 Å². The first-order valence-corrected chi connectivity index (χ1v) is 5.01. The van der Waals surface area contributed by atoms with Gasteiger partial charge in [-0.1, -0.05) is 11.3 Å². The maximum atomic E-state index is 8.56. The summed E-state index contributed by atoms with van der Waals surface area (Å²) in [7, 11) is 0. The summed E-state index contributed by atoms with van der Waals surface area (Å²) in [6, 6.07) is 0. The Kier molecular flexibility index (Phi) is 3.16. The number of nitrogens with zero attached hydrogens (tertiary/aromatic N) is 1. The number of thiazole rings is 1. The number of anilines is 1. The molecular formula is C6H10N2OS2. The SMILES string of the molecule is Cc1nc(N)sc1SCCO. The van der Waals surface area contributed by atoms with Gasteiger partial charge in [-0.25, -0.2) is 4.98 Å². The fraction of sp³-hybridized carbons (Fsp3) is 0.500. The number of hydrogen-bond acceptors (Lipinski definition) is 5. The van der Waals surface area contributed by atoms with E-state index in [1.807, 2.05) is 6.92 Å². The molecule has 1 heterocycles. The Morgan fingerprint density at radius 3 is 2.91 bits per heavy atom. The number of aliphatic hydroxyl groups is 1. The molecule has 0 saturated heterocycles. The maximum Gasteiger partial charge on any atom is 0.181 e. The summed E-state index contributed by atoms with van der Waals surface area (Å²) in [6.07, 6.45) is 0. The van der Waals surface area contributed by atoms with E-state index in [9.17, 15) is 0 Å². The zero-order chi connectivity index (χ0) is 8.27. The normalized spacial score (nSPS) is 10.4. The summed E-state index contributed by atoms with van der Waals surface area (Å²) < 4.78 is 1.11. The van der Waals surface area contributed by atoms with E-state index in [1.54, 1.807) is 11.8 Å². The van der Waals surface area contributed by atoms with Crippen molar-refractivity contribution in [2.45, 2.75) is 11.1 Å². The predicted molar refractivity (Wildman–Crippen MR) is 49.1 cm³/mol. The quantitative estimate of drug-likeness (QED) is 0.701. The predicted octanol–water partition coefficient (Wildman–Crippen LogP) is 1.12. The van der Waals surface area contributed by atoms with Gasteiger partial charge in [-0.2, -0.15) is 0 Å². The van der Waals surface area contributed by atoms with Gasteiger partial charge >= 0.3 is 0 Å².